The molecule has 6 N–H and O–H groups in total. The lowest BCUT2D eigenvalue weighted by molar-refractivity contribution is -0.146. The van der Waals surface area contributed by atoms with E-state index in [4.69, 9.17) is 0 Å². The lowest BCUT2D eigenvalue weighted by Gasteiger charge is -2.50. The van der Waals surface area contributed by atoms with E-state index in [1.807, 2.05) is 0 Å². The van der Waals surface area contributed by atoms with Crippen molar-refractivity contribution >= 4 is 37.4 Å². The number of likely N-dealkylation sites (N-methyl/N-ethyl adjacent to an activating group) is 1. The van der Waals surface area contributed by atoms with Crippen LogP contribution in [0.3, 0.4) is 0 Å². The minimum Gasteiger partial charge on any atom is -0.507 e. The van der Waals surface area contributed by atoms with E-state index in [9.17, 15) is 39.8 Å². The highest BCUT2D eigenvalue weighted by Gasteiger charge is 2.57. The summed E-state index contributed by atoms with van der Waals surface area (Å²) in [6, 6.07) is 12.1. The Hall–Kier alpha value is -3.12. The lowest BCUT2D eigenvalue weighted by Crippen LogP contribution is -2.69. The normalized spacial score (nSPS) is 19.1. The fourth-order valence-corrected chi connectivity index (χ4v) is 4.85. The second-order valence-corrected chi connectivity index (χ2v) is 8.43. The van der Waals surface area contributed by atoms with Crippen molar-refractivity contribution in [3.63, 3.8) is 0 Å². The number of nitrogens with zero attached hydrogens (tertiary/aromatic N) is 1. The van der Waals surface area contributed by atoms with Crippen molar-refractivity contribution in [2.75, 3.05) is 20.1 Å². The Kier molecular flexibility index (Phi) is 9.28. The van der Waals surface area contributed by atoms with Crippen molar-refractivity contribution in [2.24, 2.45) is 11.8 Å². The standard InChI is InChI=1S/C23H27BN2O8.ClH/c1-26(20(28)14-6-3-2-4-7-14)23(24(33)34,18-10-11-25-13-17(18)22(31)32)12-15-8-5-9-16(19(15)27)21(29)30;/h2-9,17-18,25,27,33-34H,10-13H2,1H3,(H,29,30)(H,31,32);1H. The number of phenols is 1. The van der Waals surface area contributed by atoms with Crippen molar-refractivity contribution in [1.29, 1.82) is 0 Å². The summed E-state index contributed by atoms with van der Waals surface area (Å²) in [7, 11) is -0.851. The van der Waals surface area contributed by atoms with Crippen LogP contribution in [0.5, 0.6) is 5.75 Å². The zero-order chi connectivity index (χ0) is 25.0. The summed E-state index contributed by atoms with van der Waals surface area (Å²) in [5.74, 6) is -5.73. The summed E-state index contributed by atoms with van der Waals surface area (Å²) >= 11 is 0. The molecule has 0 aromatic heterocycles. The molecule has 0 spiro atoms. The fourth-order valence-electron chi connectivity index (χ4n) is 4.85. The smallest absolute Gasteiger partial charge is 0.479 e. The Morgan fingerprint density at radius 3 is 2.31 bits per heavy atom. The largest absolute Gasteiger partial charge is 0.507 e. The van der Waals surface area contributed by atoms with E-state index < -0.39 is 53.6 Å². The average Bonchev–Trinajstić information content (AvgIpc) is 2.82. The molecule has 2 aromatic rings. The van der Waals surface area contributed by atoms with Crippen LogP contribution in [0.25, 0.3) is 0 Å². The van der Waals surface area contributed by atoms with E-state index in [2.05, 4.69) is 5.32 Å². The molecule has 10 nitrogen and oxygen atoms in total. The first-order valence-corrected chi connectivity index (χ1v) is 10.8. The van der Waals surface area contributed by atoms with Crippen molar-refractivity contribution in [3.05, 3.63) is 65.2 Å². The van der Waals surface area contributed by atoms with Gasteiger partial charge in [0, 0.05) is 19.2 Å². The van der Waals surface area contributed by atoms with Crippen LogP contribution in [0.1, 0.15) is 32.7 Å². The molecular formula is C23H28BClN2O8. The third-order valence-corrected chi connectivity index (χ3v) is 6.66. The maximum Gasteiger partial charge on any atom is 0.479 e. The molecule has 12 heteroatoms. The van der Waals surface area contributed by atoms with Gasteiger partial charge in [-0.3, -0.25) is 9.59 Å². The van der Waals surface area contributed by atoms with Gasteiger partial charge in [-0.1, -0.05) is 30.3 Å². The van der Waals surface area contributed by atoms with E-state index in [0.717, 1.165) is 4.90 Å². The number of aromatic carboxylic acids is 1. The van der Waals surface area contributed by atoms with Gasteiger partial charge in [0.25, 0.3) is 5.91 Å². The van der Waals surface area contributed by atoms with Crippen LogP contribution >= 0.6 is 12.4 Å². The third kappa shape index (κ3) is 5.43. The molecule has 3 rings (SSSR count). The maximum absolute atomic E-state index is 13.4. The molecule has 0 radical (unpaired) electrons. The van der Waals surface area contributed by atoms with Crippen LogP contribution in [0.2, 0.25) is 0 Å². The molecule has 3 unspecified atom stereocenters. The Labute approximate surface area is 208 Å². The number of hydrogen-bond acceptors (Lipinski definition) is 7. The van der Waals surface area contributed by atoms with Crippen LogP contribution in [-0.2, 0) is 11.2 Å². The van der Waals surface area contributed by atoms with E-state index in [0.29, 0.717) is 6.54 Å². The quantitative estimate of drug-likeness (QED) is 0.285. The maximum atomic E-state index is 13.4. The number of carbonyl (C=O) groups excluding carboxylic acids is 1. The molecule has 188 valence electrons. The number of halogens is 1. The van der Waals surface area contributed by atoms with Crippen molar-refractivity contribution in [1.82, 2.24) is 10.2 Å². The number of nitrogens with one attached hydrogen (secondary N) is 1. The number of amides is 1. The zero-order valence-electron chi connectivity index (χ0n) is 19.0. The summed E-state index contributed by atoms with van der Waals surface area (Å²) < 4.78 is 0. The van der Waals surface area contributed by atoms with Crippen LogP contribution in [0, 0.1) is 11.8 Å². The van der Waals surface area contributed by atoms with Gasteiger partial charge in [-0.25, -0.2) is 4.79 Å². The number of rotatable bonds is 8. The fraction of sp³-hybridized carbons (Fsp3) is 0.348. The summed E-state index contributed by atoms with van der Waals surface area (Å²) in [5.41, 5.74) is -1.99. The van der Waals surface area contributed by atoms with Crippen LogP contribution in [0.4, 0.5) is 0 Å². The predicted molar refractivity (Wildman–Crippen MR) is 130 cm³/mol. The second kappa shape index (κ2) is 11.5. The van der Waals surface area contributed by atoms with Crippen molar-refractivity contribution in [3.8, 4) is 5.75 Å². The molecule has 1 fully saturated rings. The molecule has 1 aliphatic rings. The summed E-state index contributed by atoms with van der Waals surface area (Å²) in [6.07, 6.45) is -0.193. The zero-order valence-corrected chi connectivity index (χ0v) is 19.8. The highest BCUT2D eigenvalue weighted by Crippen LogP contribution is 2.41. The first-order valence-electron chi connectivity index (χ1n) is 10.8. The highest BCUT2D eigenvalue weighted by molar-refractivity contribution is 6.46. The van der Waals surface area contributed by atoms with Gasteiger partial charge in [-0.05, 0) is 49.1 Å². The van der Waals surface area contributed by atoms with Gasteiger partial charge < -0.3 is 35.6 Å². The molecule has 1 heterocycles. The van der Waals surface area contributed by atoms with Gasteiger partial charge in [-0.2, -0.15) is 0 Å². The Balaban J connectivity index is 0.00000432. The Morgan fingerprint density at radius 1 is 1.09 bits per heavy atom. The van der Waals surface area contributed by atoms with Gasteiger partial charge in [0.15, 0.2) is 0 Å². The van der Waals surface area contributed by atoms with Crippen LogP contribution in [-0.4, -0.2) is 80.8 Å². The molecule has 2 aromatic carbocycles. The number of benzene rings is 2. The number of carboxylic acids is 2. The molecular weight excluding hydrogens is 479 g/mol. The molecule has 35 heavy (non-hydrogen) atoms. The Morgan fingerprint density at radius 2 is 1.74 bits per heavy atom. The number of piperidine rings is 1. The number of carboxylic acid groups (broad SMARTS) is 2. The molecule has 1 amide bonds. The number of para-hydroxylation sites is 1. The molecule has 3 atom stereocenters. The first kappa shape index (κ1) is 28.1. The summed E-state index contributed by atoms with van der Waals surface area (Å²) in [4.78, 5) is 38.2. The SMILES string of the molecule is CN(C(=O)c1ccccc1)C(Cc1cccc(C(=O)O)c1O)(B(O)O)C1CCNCC1C(=O)O.Cl. The monoisotopic (exact) mass is 506 g/mol. The second-order valence-electron chi connectivity index (χ2n) is 8.43. The van der Waals surface area contributed by atoms with Gasteiger partial charge >= 0.3 is 19.1 Å². The first-order chi connectivity index (χ1) is 16.1. The van der Waals surface area contributed by atoms with Gasteiger partial charge in [0.2, 0.25) is 0 Å². The molecule has 1 saturated heterocycles. The third-order valence-electron chi connectivity index (χ3n) is 6.66. The van der Waals surface area contributed by atoms with Crippen molar-refractivity contribution < 1.29 is 39.8 Å². The molecule has 0 aliphatic carbocycles. The molecule has 0 saturated carbocycles. The van der Waals surface area contributed by atoms with Crippen LogP contribution < -0.4 is 5.32 Å². The highest BCUT2D eigenvalue weighted by atomic mass is 35.5. The number of aromatic hydroxyl groups is 1. The topological polar surface area (TPSA) is 168 Å². The van der Waals surface area contributed by atoms with Crippen LogP contribution in [0.15, 0.2) is 48.5 Å². The van der Waals surface area contributed by atoms with Gasteiger partial charge in [-0.15, -0.1) is 12.4 Å². The summed E-state index contributed by atoms with van der Waals surface area (Å²) in [6.45, 7) is 0.417. The predicted octanol–water partition coefficient (Wildman–Crippen LogP) is 0.888. The summed E-state index contributed by atoms with van der Waals surface area (Å²) in [5, 5.41) is 54.4. The average molecular weight is 507 g/mol. The van der Waals surface area contributed by atoms with E-state index in [1.165, 1.54) is 25.2 Å². The van der Waals surface area contributed by atoms with Gasteiger partial charge in [0.1, 0.15) is 11.3 Å². The van der Waals surface area contributed by atoms with E-state index in [-0.39, 0.29) is 42.9 Å². The molecule has 0 bridgehead atoms. The number of aliphatic carboxylic acids is 1. The number of carbonyl (C=O) groups is 3. The lowest BCUT2D eigenvalue weighted by atomic mass is 9.50. The molecule has 1 aliphatic heterocycles. The Bertz CT molecular complexity index is 1070. The van der Waals surface area contributed by atoms with Crippen molar-refractivity contribution in [2.45, 2.75) is 18.3 Å². The minimum atomic E-state index is -2.21. The van der Waals surface area contributed by atoms with E-state index in [1.54, 1.807) is 30.3 Å². The minimum absolute atomic E-state index is 0. The van der Waals surface area contributed by atoms with Gasteiger partial charge in [0.05, 0.1) is 11.4 Å². The number of hydrogen-bond donors (Lipinski definition) is 6. The van der Waals surface area contributed by atoms with E-state index >= 15 is 0 Å².